The Morgan fingerprint density at radius 2 is 2.11 bits per heavy atom. The van der Waals surface area contributed by atoms with Gasteiger partial charge in [-0.2, -0.15) is 0 Å². The molecule has 0 bridgehead atoms. The maximum atomic E-state index is 5.57. The molecule has 5 nitrogen and oxygen atoms in total. The van der Waals surface area contributed by atoms with Crippen molar-refractivity contribution in [2.75, 3.05) is 18.5 Å². The van der Waals surface area contributed by atoms with Gasteiger partial charge in [-0.05, 0) is 18.9 Å². The summed E-state index contributed by atoms with van der Waals surface area (Å²) in [5, 5.41) is 13.2. The van der Waals surface area contributed by atoms with Gasteiger partial charge in [0, 0.05) is 18.3 Å². The standard InChI is InChI=1S/C13H18N4OS/c1-3-5-15-13-17-16-12(19-13)10-7-11(9-14-8-10)18-6-4-2/h7-9H,3-6H2,1-2H3,(H,15,17). The molecule has 2 aromatic heterocycles. The lowest BCUT2D eigenvalue weighted by Gasteiger charge is -2.04. The van der Waals surface area contributed by atoms with Crippen molar-refractivity contribution in [1.82, 2.24) is 15.2 Å². The molecule has 0 unspecified atom stereocenters. The minimum atomic E-state index is 0.699. The summed E-state index contributed by atoms with van der Waals surface area (Å²) in [6, 6.07) is 1.95. The third-order valence-electron chi connectivity index (χ3n) is 2.38. The van der Waals surface area contributed by atoms with E-state index in [2.05, 4.69) is 34.3 Å². The number of nitrogens with zero attached hydrogens (tertiary/aromatic N) is 3. The number of rotatable bonds is 7. The first-order chi connectivity index (χ1) is 9.33. The highest BCUT2D eigenvalue weighted by Crippen LogP contribution is 2.27. The predicted molar refractivity (Wildman–Crippen MR) is 77.7 cm³/mol. The predicted octanol–water partition coefficient (Wildman–Crippen LogP) is 3.21. The number of aromatic nitrogens is 3. The average Bonchev–Trinajstić information content (AvgIpc) is 2.92. The molecule has 2 aromatic rings. The van der Waals surface area contributed by atoms with Crippen LogP contribution >= 0.6 is 11.3 Å². The molecule has 0 amide bonds. The quantitative estimate of drug-likeness (QED) is 0.842. The van der Waals surface area contributed by atoms with Crippen molar-refractivity contribution in [1.29, 1.82) is 0 Å². The van der Waals surface area contributed by atoms with E-state index in [1.165, 1.54) is 11.3 Å². The molecule has 0 spiro atoms. The van der Waals surface area contributed by atoms with E-state index < -0.39 is 0 Å². The van der Waals surface area contributed by atoms with Gasteiger partial charge in [0.2, 0.25) is 5.13 Å². The molecular formula is C13H18N4OS. The van der Waals surface area contributed by atoms with Gasteiger partial charge < -0.3 is 10.1 Å². The maximum absolute atomic E-state index is 5.57. The van der Waals surface area contributed by atoms with Gasteiger partial charge in [-0.1, -0.05) is 25.2 Å². The molecular weight excluding hydrogens is 260 g/mol. The maximum Gasteiger partial charge on any atom is 0.206 e. The molecule has 2 heterocycles. The SMILES string of the molecule is CCCNc1nnc(-c2cncc(OCCC)c2)s1. The number of hydrogen-bond donors (Lipinski definition) is 1. The van der Waals surface area contributed by atoms with Gasteiger partial charge >= 0.3 is 0 Å². The van der Waals surface area contributed by atoms with Gasteiger partial charge in [-0.3, -0.25) is 4.98 Å². The summed E-state index contributed by atoms with van der Waals surface area (Å²) in [5.41, 5.74) is 0.940. The van der Waals surface area contributed by atoms with E-state index in [0.29, 0.717) is 6.61 Å². The number of hydrogen-bond acceptors (Lipinski definition) is 6. The van der Waals surface area contributed by atoms with Crippen molar-refractivity contribution in [3.05, 3.63) is 18.5 Å². The Morgan fingerprint density at radius 1 is 1.21 bits per heavy atom. The van der Waals surface area contributed by atoms with Crippen molar-refractivity contribution < 1.29 is 4.74 Å². The fourth-order valence-electron chi connectivity index (χ4n) is 1.48. The zero-order chi connectivity index (χ0) is 13.5. The minimum Gasteiger partial charge on any atom is -0.492 e. The van der Waals surface area contributed by atoms with E-state index in [-0.39, 0.29) is 0 Å². The van der Waals surface area contributed by atoms with Crippen LogP contribution < -0.4 is 10.1 Å². The fraction of sp³-hybridized carbons (Fsp3) is 0.462. The summed E-state index contributed by atoms with van der Waals surface area (Å²) < 4.78 is 5.57. The van der Waals surface area contributed by atoms with E-state index in [1.807, 2.05) is 6.07 Å². The van der Waals surface area contributed by atoms with Crippen LogP contribution in [0, 0.1) is 0 Å². The average molecular weight is 278 g/mol. The Kier molecular flexibility index (Phi) is 5.09. The Morgan fingerprint density at radius 3 is 2.89 bits per heavy atom. The molecule has 0 aromatic carbocycles. The van der Waals surface area contributed by atoms with E-state index in [4.69, 9.17) is 4.74 Å². The highest BCUT2D eigenvalue weighted by atomic mass is 32.1. The first kappa shape index (κ1) is 13.7. The number of ether oxygens (including phenoxy) is 1. The van der Waals surface area contributed by atoms with Crippen LogP contribution in [0.3, 0.4) is 0 Å². The van der Waals surface area contributed by atoms with Crippen LogP contribution in [0.1, 0.15) is 26.7 Å². The molecule has 0 aliphatic heterocycles. The molecule has 102 valence electrons. The van der Waals surface area contributed by atoms with Crippen molar-refractivity contribution >= 4 is 16.5 Å². The van der Waals surface area contributed by atoms with E-state index >= 15 is 0 Å². The van der Waals surface area contributed by atoms with Crippen LogP contribution in [0.25, 0.3) is 10.6 Å². The van der Waals surface area contributed by atoms with Crippen molar-refractivity contribution in [2.45, 2.75) is 26.7 Å². The Hall–Kier alpha value is -1.69. The van der Waals surface area contributed by atoms with Crippen molar-refractivity contribution in [2.24, 2.45) is 0 Å². The zero-order valence-electron chi connectivity index (χ0n) is 11.2. The normalized spacial score (nSPS) is 10.4. The van der Waals surface area contributed by atoms with Crippen molar-refractivity contribution in [3.63, 3.8) is 0 Å². The van der Waals surface area contributed by atoms with Gasteiger partial charge in [-0.25, -0.2) is 0 Å². The first-order valence-corrected chi connectivity index (χ1v) is 7.30. The minimum absolute atomic E-state index is 0.699. The smallest absolute Gasteiger partial charge is 0.206 e. The summed E-state index contributed by atoms with van der Waals surface area (Å²) in [5.74, 6) is 0.776. The lowest BCUT2D eigenvalue weighted by atomic mass is 10.3. The van der Waals surface area contributed by atoms with Crippen LogP contribution in [-0.4, -0.2) is 28.3 Å². The largest absolute Gasteiger partial charge is 0.492 e. The summed E-state index contributed by atoms with van der Waals surface area (Å²) >= 11 is 1.53. The van der Waals surface area contributed by atoms with Gasteiger partial charge in [0.15, 0.2) is 5.01 Å². The highest BCUT2D eigenvalue weighted by Gasteiger charge is 2.07. The fourth-order valence-corrected chi connectivity index (χ4v) is 2.23. The molecule has 0 aliphatic rings. The number of nitrogens with one attached hydrogen (secondary N) is 1. The first-order valence-electron chi connectivity index (χ1n) is 6.49. The van der Waals surface area contributed by atoms with Gasteiger partial charge in [0.25, 0.3) is 0 Å². The number of pyridine rings is 1. The molecule has 6 heteroatoms. The van der Waals surface area contributed by atoms with E-state index in [1.54, 1.807) is 12.4 Å². The summed E-state index contributed by atoms with van der Waals surface area (Å²) in [6.07, 6.45) is 5.55. The van der Waals surface area contributed by atoms with Crippen molar-refractivity contribution in [3.8, 4) is 16.3 Å². The monoisotopic (exact) mass is 278 g/mol. The summed E-state index contributed by atoms with van der Waals surface area (Å²) in [6.45, 7) is 5.80. The molecule has 0 radical (unpaired) electrons. The topological polar surface area (TPSA) is 59.9 Å². The molecule has 0 fully saturated rings. The molecule has 0 saturated carbocycles. The van der Waals surface area contributed by atoms with E-state index in [9.17, 15) is 0 Å². The Bertz CT molecular complexity index is 515. The van der Waals surface area contributed by atoms with Gasteiger partial charge in [-0.15, -0.1) is 10.2 Å². The second-order valence-corrected chi connectivity index (χ2v) is 5.07. The number of anilines is 1. The Labute approximate surface area is 117 Å². The van der Waals surface area contributed by atoms with E-state index in [0.717, 1.165) is 40.8 Å². The molecule has 2 rings (SSSR count). The lowest BCUT2D eigenvalue weighted by Crippen LogP contribution is -1.98. The van der Waals surface area contributed by atoms with Crippen LogP contribution in [0.15, 0.2) is 18.5 Å². The van der Waals surface area contributed by atoms with Gasteiger partial charge in [0.05, 0.1) is 12.8 Å². The van der Waals surface area contributed by atoms with Crippen LogP contribution in [-0.2, 0) is 0 Å². The lowest BCUT2D eigenvalue weighted by molar-refractivity contribution is 0.316. The summed E-state index contributed by atoms with van der Waals surface area (Å²) in [4.78, 5) is 4.18. The summed E-state index contributed by atoms with van der Waals surface area (Å²) in [7, 11) is 0. The zero-order valence-corrected chi connectivity index (χ0v) is 12.0. The molecule has 1 N–H and O–H groups in total. The van der Waals surface area contributed by atoms with Crippen LogP contribution in [0.4, 0.5) is 5.13 Å². The second-order valence-electron chi connectivity index (χ2n) is 4.10. The third-order valence-corrected chi connectivity index (χ3v) is 3.31. The second kappa shape index (κ2) is 7.04. The van der Waals surface area contributed by atoms with Gasteiger partial charge in [0.1, 0.15) is 5.75 Å². The Balaban J connectivity index is 2.10. The highest BCUT2D eigenvalue weighted by molar-refractivity contribution is 7.18. The third kappa shape index (κ3) is 3.89. The van der Waals surface area contributed by atoms with Crippen LogP contribution in [0.5, 0.6) is 5.75 Å². The molecule has 0 atom stereocenters. The van der Waals surface area contributed by atoms with Crippen LogP contribution in [0.2, 0.25) is 0 Å². The molecule has 19 heavy (non-hydrogen) atoms. The molecule has 0 aliphatic carbocycles. The molecule has 0 saturated heterocycles.